The van der Waals surface area contributed by atoms with Gasteiger partial charge in [-0.2, -0.15) is 11.3 Å². The minimum atomic E-state index is -1.09. The van der Waals surface area contributed by atoms with Crippen LogP contribution >= 0.6 is 11.3 Å². The Kier molecular flexibility index (Phi) is 4.94. The molecule has 0 aromatic carbocycles. The molecule has 2 amide bonds. The lowest BCUT2D eigenvalue weighted by Crippen LogP contribution is -2.47. The van der Waals surface area contributed by atoms with Crippen molar-refractivity contribution >= 4 is 23.3 Å². The number of thiophene rings is 1. The first-order chi connectivity index (χ1) is 10.1. The number of rotatable bonds is 6. The second-order valence-corrected chi connectivity index (χ2v) is 5.35. The van der Waals surface area contributed by atoms with Crippen molar-refractivity contribution in [2.24, 2.45) is 0 Å². The Hall–Kier alpha value is -2.35. The Morgan fingerprint density at radius 1 is 1.48 bits per heavy atom. The molecule has 2 heterocycles. The summed E-state index contributed by atoms with van der Waals surface area (Å²) in [5.74, 6) is -1.09. The quantitative estimate of drug-likeness (QED) is 0.649. The number of hydrogen-bond donors (Lipinski definition) is 4. The van der Waals surface area contributed by atoms with Crippen molar-refractivity contribution in [3.63, 3.8) is 0 Å². The minimum absolute atomic E-state index is 0.148. The van der Waals surface area contributed by atoms with Gasteiger partial charge in [0.15, 0.2) is 0 Å². The van der Waals surface area contributed by atoms with Crippen molar-refractivity contribution in [1.82, 2.24) is 20.6 Å². The SMILES string of the molecule is CC(NC(=O)N[C@H](Cc1cnc[nH]1)C(=O)O)c1ccsc1. The van der Waals surface area contributed by atoms with Crippen molar-refractivity contribution in [1.29, 1.82) is 0 Å². The van der Waals surface area contributed by atoms with Crippen LogP contribution < -0.4 is 10.6 Å². The van der Waals surface area contributed by atoms with Gasteiger partial charge in [0.25, 0.3) is 0 Å². The largest absolute Gasteiger partial charge is 0.480 e. The third kappa shape index (κ3) is 4.32. The summed E-state index contributed by atoms with van der Waals surface area (Å²) >= 11 is 1.54. The van der Waals surface area contributed by atoms with Gasteiger partial charge < -0.3 is 20.7 Å². The van der Waals surface area contributed by atoms with Crippen LogP contribution in [0.4, 0.5) is 4.79 Å². The van der Waals surface area contributed by atoms with E-state index in [1.54, 1.807) is 0 Å². The zero-order valence-electron chi connectivity index (χ0n) is 11.4. The van der Waals surface area contributed by atoms with E-state index in [0.717, 1.165) is 5.56 Å². The van der Waals surface area contributed by atoms with Gasteiger partial charge in [-0.05, 0) is 29.3 Å². The highest BCUT2D eigenvalue weighted by molar-refractivity contribution is 7.07. The second-order valence-electron chi connectivity index (χ2n) is 4.57. The maximum atomic E-state index is 11.9. The standard InChI is InChI=1S/C13H16N4O3S/c1-8(9-2-3-21-6-9)16-13(20)17-11(12(18)19)4-10-5-14-7-15-10/h2-3,5-8,11H,4H2,1H3,(H,14,15)(H,18,19)(H2,16,17,20)/t8?,11-/m1/s1. The predicted molar refractivity (Wildman–Crippen MR) is 78.1 cm³/mol. The topological polar surface area (TPSA) is 107 Å². The molecule has 4 N–H and O–H groups in total. The van der Waals surface area contributed by atoms with E-state index in [1.807, 2.05) is 23.8 Å². The molecule has 0 saturated carbocycles. The van der Waals surface area contributed by atoms with Crippen LogP contribution in [0.15, 0.2) is 29.4 Å². The number of aromatic amines is 1. The second kappa shape index (κ2) is 6.89. The van der Waals surface area contributed by atoms with Gasteiger partial charge in [-0.3, -0.25) is 0 Å². The number of nitrogens with one attached hydrogen (secondary N) is 3. The van der Waals surface area contributed by atoms with E-state index in [0.29, 0.717) is 5.69 Å². The van der Waals surface area contributed by atoms with E-state index in [4.69, 9.17) is 5.11 Å². The van der Waals surface area contributed by atoms with Crippen LogP contribution in [0.25, 0.3) is 0 Å². The third-order valence-electron chi connectivity index (χ3n) is 2.97. The molecule has 21 heavy (non-hydrogen) atoms. The highest BCUT2D eigenvalue weighted by Crippen LogP contribution is 2.15. The fraction of sp³-hybridized carbons (Fsp3) is 0.308. The minimum Gasteiger partial charge on any atom is -0.480 e. The zero-order valence-corrected chi connectivity index (χ0v) is 12.2. The summed E-state index contributed by atoms with van der Waals surface area (Å²) in [5, 5.41) is 18.2. The fourth-order valence-corrected chi connectivity index (χ4v) is 2.57. The summed E-state index contributed by atoms with van der Waals surface area (Å²) in [6.07, 6.45) is 3.14. The predicted octanol–water partition coefficient (Wildman–Crippen LogP) is 1.53. The summed E-state index contributed by atoms with van der Waals surface area (Å²) in [4.78, 5) is 29.7. The Morgan fingerprint density at radius 2 is 2.29 bits per heavy atom. The van der Waals surface area contributed by atoms with Gasteiger partial charge in [0, 0.05) is 18.3 Å². The van der Waals surface area contributed by atoms with Crippen LogP contribution in [0.1, 0.15) is 24.2 Å². The maximum Gasteiger partial charge on any atom is 0.326 e. The van der Waals surface area contributed by atoms with Crippen LogP contribution in [-0.2, 0) is 11.2 Å². The molecule has 0 spiro atoms. The summed E-state index contributed by atoms with van der Waals surface area (Å²) in [5.41, 5.74) is 1.63. The maximum absolute atomic E-state index is 11.9. The molecule has 112 valence electrons. The number of carboxylic acid groups (broad SMARTS) is 1. The van der Waals surface area contributed by atoms with Crippen LogP contribution in [0, 0.1) is 0 Å². The van der Waals surface area contributed by atoms with Crippen molar-refractivity contribution in [2.45, 2.75) is 25.4 Å². The van der Waals surface area contributed by atoms with Crippen molar-refractivity contribution in [3.8, 4) is 0 Å². The molecule has 0 fully saturated rings. The van der Waals surface area contributed by atoms with E-state index in [9.17, 15) is 9.59 Å². The zero-order chi connectivity index (χ0) is 15.2. The van der Waals surface area contributed by atoms with Crippen molar-refractivity contribution in [2.75, 3.05) is 0 Å². The number of nitrogens with zero attached hydrogens (tertiary/aromatic N) is 1. The number of H-pyrrole nitrogens is 1. The number of amides is 2. The number of urea groups is 1. The van der Waals surface area contributed by atoms with E-state index >= 15 is 0 Å². The smallest absolute Gasteiger partial charge is 0.326 e. The molecule has 0 aliphatic rings. The average molecular weight is 308 g/mol. The normalized spacial score (nSPS) is 13.4. The van der Waals surface area contributed by atoms with Gasteiger partial charge in [-0.25, -0.2) is 14.6 Å². The molecular formula is C13H16N4O3S. The molecule has 0 aliphatic carbocycles. The van der Waals surface area contributed by atoms with Gasteiger partial charge in [0.2, 0.25) is 0 Å². The average Bonchev–Trinajstić information content (AvgIpc) is 3.10. The number of carboxylic acids is 1. The van der Waals surface area contributed by atoms with Crippen LogP contribution in [0.3, 0.4) is 0 Å². The summed E-state index contributed by atoms with van der Waals surface area (Å²) < 4.78 is 0. The highest BCUT2D eigenvalue weighted by atomic mass is 32.1. The molecule has 1 unspecified atom stereocenters. The van der Waals surface area contributed by atoms with E-state index < -0.39 is 18.0 Å². The van der Waals surface area contributed by atoms with Gasteiger partial charge in [-0.15, -0.1) is 0 Å². The van der Waals surface area contributed by atoms with Crippen molar-refractivity contribution < 1.29 is 14.7 Å². The molecule has 0 radical (unpaired) electrons. The summed E-state index contributed by atoms with van der Waals surface area (Å²) in [7, 11) is 0. The number of aliphatic carboxylic acids is 1. The van der Waals surface area contributed by atoms with E-state index in [-0.39, 0.29) is 12.5 Å². The van der Waals surface area contributed by atoms with Crippen LogP contribution in [0.5, 0.6) is 0 Å². The Morgan fingerprint density at radius 3 is 2.86 bits per heavy atom. The molecule has 0 bridgehead atoms. The Balaban J connectivity index is 1.90. The number of aromatic nitrogens is 2. The first-order valence-electron chi connectivity index (χ1n) is 6.35. The summed E-state index contributed by atoms with van der Waals surface area (Å²) in [6, 6.07) is 0.202. The number of carbonyl (C=O) groups excluding carboxylic acids is 1. The first-order valence-corrected chi connectivity index (χ1v) is 7.29. The lowest BCUT2D eigenvalue weighted by Gasteiger charge is -2.17. The molecule has 2 atom stereocenters. The van der Waals surface area contributed by atoms with Crippen LogP contribution in [0.2, 0.25) is 0 Å². The third-order valence-corrected chi connectivity index (χ3v) is 3.67. The van der Waals surface area contributed by atoms with Gasteiger partial charge in [0.05, 0.1) is 12.4 Å². The fourth-order valence-electron chi connectivity index (χ4n) is 1.82. The number of carbonyl (C=O) groups is 2. The lowest BCUT2D eigenvalue weighted by atomic mass is 10.1. The molecule has 8 heteroatoms. The number of hydrogen-bond acceptors (Lipinski definition) is 4. The van der Waals surface area contributed by atoms with E-state index in [2.05, 4.69) is 20.6 Å². The molecule has 2 aromatic heterocycles. The van der Waals surface area contributed by atoms with Crippen LogP contribution in [-0.4, -0.2) is 33.1 Å². The lowest BCUT2D eigenvalue weighted by molar-refractivity contribution is -0.139. The van der Waals surface area contributed by atoms with Crippen molar-refractivity contribution in [3.05, 3.63) is 40.6 Å². The van der Waals surface area contributed by atoms with Gasteiger partial charge in [0.1, 0.15) is 6.04 Å². The molecule has 7 nitrogen and oxygen atoms in total. The van der Waals surface area contributed by atoms with Gasteiger partial charge >= 0.3 is 12.0 Å². The van der Waals surface area contributed by atoms with Gasteiger partial charge in [-0.1, -0.05) is 0 Å². The Labute approximate surface area is 125 Å². The first kappa shape index (κ1) is 15.0. The van der Waals surface area contributed by atoms with E-state index in [1.165, 1.54) is 23.9 Å². The molecule has 2 rings (SSSR count). The number of imidazole rings is 1. The molecule has 2 aromatic rings. The molecule has 0 saturated heterocycles. The monoisotopic (exact) mass is 308 g/mol. The summed E-state index contributed by atoms with van der Waals surface area (Å²) in [6.45, 7) is 1.84. The molecule has 0 aliphatic heterocycles. The Bertz CT molecular complexity index is 583. The highest BCUT2D eigenvalue weighted by Gasteiger charge is 2.21. The molecular weight excluding hydrogens is 292 g/mol.